The number of ether oxygens (including phenoxy) is 2. The first-order valence-corrected chi connectivity index (χ1v) is 13.5. The number of para-hydroxylation sites is 1. The zero-order valence-electron chi connectivity index (χ0n) is 22.5. The van der Waals surface area contributed by atoms with Crippen LogP contribution in [0, 0.1) is 0 Å². The fourth-order valence-electron chi connectivity index (χ4n) is 4.29. The zero-order chi connectivity index (χ0) is 28.9. The van der Waals surface area contributed by atoms with Crippen molar-refractivity contribution in [3.8, 4) is 22.6 Å². The van der Waals surface area contributed by atoms with Crippen LogP contribution in [0.2, 0.25) is 0 Å². The van der Waals surface area contributed by atoms with Gasteiger partial charge in [-0.05, 0) is 30.3 Å². The summed E-state index contributed by atoms with van der Waals surface area (Å²) >= 11 is 1.20. The fourth-order valence-corrected chi connectivity index (χ4v) is 5.00. The highest BCUT2D eigenvalue weighted by Gasteiger charge is 2.18. The lowest BCUT2D eigenvalue weighted by molar-refractivity contribution is -0.113. The minimum Gasteiger partial charge on any atom is -0.465 e. The van der Waals surface area contributed by atoms with E-state index in [1.807, 2.05) is 72.3 Å². The van der Waals surface area contributed by atoms with E-state index >= 15 is 0 Å². The van der Waals surface area contributed by atoms with Crippen molar-refractivity contribution in [3.63, 3.8) is 0 Å². The Kier molecular flexibility index (Phi) is 8.06. The van der Waals surface area contributed by atoms with E-state index < -0.39 is 11.9 Å². The van der Waals surface area contributed by atoms with Crippen LogP contribution in [0.3, 0.4) is 0 Å². The Balaban J connectivity index is 1.38. The van der Waals surface area contributed by atoms with E-state index in [0.29, 0.717) is 11.0 Å². The second-order valence-corrected chi connectivity index (χ2v) is 9.86. The number of methoxy groups -OCH3 is 2. The van der Waals surface area contributed by atoms with Gasteiger partial charge < -0.3 is 19.4 Å². The molecule has 0 atom stereocenters. The number of fused-ring (bicyclic) bond motifs is 1. The summed E-state index contributed by atoms with van der Waals surface area (Å²) in [6.45, 7) is 0. The van der Waals surface area contributed by atoms with Gasteiger partial charge in [0.25, 0.3) is 0 Å². The van der Waals surface area contributed by atoms with Gasteiger partial charge in [0.05, 0.1) is 42.3 Å². The van der Waals surface area contributed by atoms with Gasteiger partial charge in [0.15, 0.2) is 11.0 Å². The molecule has 11 heteroatoms. The smallest absolute Gasteiger partial charge is 0.337 e. The van der Waals surface area contributed by atoms with Gasteiger partial charge in [-0.15, -0.1) is 10.2 Å². The number of anilines is 1. The third kappa shape index (κ3) is 5.94. The molecule has 2 aromatic heterocycles. The van der Waals surface area contributed by atoms with Crippen molar-refractivity contribution in [2.24, 2.45) is 7.05 Å². The molecule has 1 amide bonds. The topological polar surface area (TPSA) is 125 Å². The fraction of sp³-hybridized carbons (Fsp3) is 0.133. The molecule has 2 heterocycles. The predicted octanol–water partition coefficient (Wildman–Crippen LogP) is 5.00. The van der Waals surface area contributed by atoms with Crippen molar-refractivity contribution < 1.29 is 23.9 Å². The van der Waals surface area contributed by atoms with E-state index in [1.54, 1.807) is 0 Å². The molecule has 0 aliphatic heterocycles. The second-order valence-electron chi connectivity index (χ2n) is 8.92. The number of thioether (sulfide) groups is 1. The monoisotopic (exact) mass is 567 g/mol. The Morgan fingerprint density at radius 2 is 1.51 bits per heavy atom. The quantitative estimate of drug-likeness (QED) is 0.204. The number of hydrogen-bond acceptors (Lipinski definition) is 9. The first-order chi connectivity index (χ1) is 19.9. The highest BCUT2D eigenvalue weighted by atomic mass is 32.2. The van der Waals surface area contributed by atoms with Crippen LogP contribution in [-0.4, -0.2) is 57.6 Å². The molecule has 206 valence electrons. The Morgan fingerprint density at radius 1 is 0.854 bits per heavy atom. The Hall–Kier alpha value is -5.03. The second kappa shape index (κ2) is 12.0. The molecule has 0 spiro atoms. The van der Waals surface area contributed by atoms with Crippen molar-refractivity contribution in [2.45, 2.75) is 5.16 Å². The minimum absolute atomic E-state index is 0.00827. The maximum atomic E-state index is 12.8. The number of esters is 2. The molecule has 0 saturated heterocycles. The molecule has 0 bridgehead atoms. The van der Waals surface area contributed by atoms with Gasteiger partial charge in [0, 0.05) is 29.2 Å². The molecule has 3 aromatic carbocycles. The molecular formula is C30H25N5O5S. The van der Waals surface area contributed by atoms with E-state index in [9.17, 15) is 14.4 Å². The molecule has 10 nitrogen and oxygen atoms in total. The van der Waals surface area contributed by atoms with Crippen LogP contribution in [-0.2, 0) is 21.3 Å². The third-order valence-corrected chi connectivity index (χ3v) is 7.27. The SMILES string of the molecule is COC(=O)c1cc(NC(=O)CSc2nnc(-c3cc(-c4ccccc4)nc4ccccc34)n2C)cc(C(=O)OC)c1. The standard InChI is InChI=1S/C30H25N5O5S/c1-35-27(23-16-25(18-9-5-4-6-10-18)32-24-12-8-7-11-22(23)24)33-34-30(35)41-17-26(36)31-21-14-19(28(37)39-2)13-20(15-21)29(38)40-3/h4-16H,17H2,1-3H3,(H,31,36). The van der Waals surface area contributed by atoms with Crippen LogP contribution >= 0.6 is 11.8 Å². The van der Waals surface area contributed by atoms with Gasteiger partial charge in [0.1, 0.15) is 0 Å². The summed E-state index contributed by atoms with van der Waals surface area (Å²) in [5.41, 5.74) is 3.98. The van der Waals surface area contributed by atoms with Crippen LogP contribution in [0.15, 0.2) is 84.0 Å². The van der Waals surface area contributed by atoms with Gasteiger partial charge in [-0.2, -0.15) is 0 Å². The van der Waals surface area contributed by atoms with Crippen LogP contribution < -0.4 is 5.32 Å². The maximum Gasteiger partial charge on any atom is 0.337 e. The lowest BCUT2D eigenvalue weighted by atomic mass is 10.0. The molecule has 1 N–H and O–H groups in total. The summed E-state index contributed by atoms with van der Waals surface area (Å²) in [6, 6.07) is 24.0. The van der Waals surface area contributed by atoms with Crippen LogP contribution in [0.4, 0.5) is 5.69 Å². The molecule has 0 radical (unpaired) electrons. The molecule has 0 saturated carbocycles. The van der Waals surface area contributed by atoms with E-state index in [1.165, 1.54) is 44.2 Å². The van der Waals surface area contributed by atoms with E-state index in [4.69, 9.17) is 14.5 Å². The van der Waals surface area contributed by atoms with Gasteiger partial charge in [-0.1, -0.05) is 60.3 Å². The van der Waals surface area contributed by atoms with Crippen molar-refractivity contribution in [1.82, 2.24) is 19.7 Å². The number of nitrogens with one attached hydrogen (secondary N) is 1. The Labute approximate surface area is 239 Å². The van der Waals surface area contributed by atoms with Gasteiger partial charge in [0.2, 0.25) is 5.91 Å². The number of carbonyl (C=O) groups excluding carboxylic acids is 3. The first-order valence-electron chi connectivity index (χ1n) is 12.5. The molecular weight excluding hydrogens is 542 g/mol. The highest BCUT2D eigenvalue weighted by molar-refractivity contribution is 7.99. The molecule has 0 aliphatic carbocycles. The lowest BCUT2D eigenvalue weighted by Gasteiger charge is -2.11. The first kappa shape index (κ1) is 27.5. The summed E-state index contributed by atoms with van der Waals surface area (Å²) in [6.07, 6.45) is 0. The van der Waals surface area contributed by atoms with E-state index in [2.05, 4.69) is 15.5 Å². The van der Waals surface area contributed by atoms with Crippen molar-refractivity contribution in [1.29, 1.82) is 0 Å². The van der Waals surface area contributed by atoms with Crippen LogP contribution in [0.25, 0.3) is 33.5 Å². The molecule has 0 unspecified atom stereocenters. The third-order valence-electron chi connectivity index (χ3n) is 6.25. The Bertz CT molecular complexity index is 1740. The van der Waals surface area contributed by atoms with Gasteiger partial charge in [-0.3, -0.25) is 4.79 Å². The average molecular weight is 568 g/mol. The average Bonchev–Trinajstić information content (AvgIpc) is 3.38. The molecule has 0 fully saturated rings. The normalized spacial score (nSPS) is 10.8. The summed E-state index contributed by atoms with van der Waals surface area (Å²) in [5.74, 6) is -1.01. The van der Waals surface area contributed by atoms with Crippen molar-refractivity contribution >= 4 is 46.2 Å². The van der Waals surface area contributed by atoms with Crippen molar-refractivity contribution in [2.75, 3.05) is 25.3 Å². The molecule has 0 aliphatic rings. The molecule has 41 heavy (non-hydrogen) atoms. The number of benzene rings is 3. The minimum atomic E-state index is -0.647. The number of nitrogens with zero attached hydrogens (tertiary/aromatic N) is 4. The van der Waals surface area contributed by atoms with Crippen LogP contribution in [0.1, 0.15) is 20.7 Å². The maximum absolute atomic E-state index is 12.8. The van der Waals surface area contributed by atoms with E-state index in [-0.39, 0.29) is 28.5 Å². The summed E-state index contributed by atoms with van der Waals surface area (Å²) in [4.78, 5) is 41.8. The van der Waals surface area contributed by atoms with Crippen LogP contribution in [0.5, 0.6) is 0 Å². The largest absolute Gasteiger partial charge is 0.465 e. The molecule has 5 rings (SSSR count). The number of amides is 1. The summed E-state index contributed by atoms with van der Waals surface area (Å²) in [7, 11) is 4.30. The highest BCUT2D eigenvalue weighted by Crippen LogP contribution is 2.32. The number of carbonyl (C=O) groups is 3. The van der Waals surface area contributed by atoms with Gasteiger partial charge >= 0.3 is 11.9 Å². The predicted molar refractivity (Wildman–Crippen MR) is 156 cm³/mol. The lowest BCUT2D eigenvalue weighted by Crippen LogP contribution is -2.16. The van der Waals surface area contributed by atoms with E-state index in [0.717, 1.165) is 27.7 Å². The zero-order valence-corrected chi connectivity index (χ0v) is 23.3. The number of aromatic nitrogens is 4. The Morgan fingerprint density at radius 3 is 2.20 bits per heavy atom. The summed E-state index contributed by atoms with van der Waals surface area (Å²) < 4.78 is 11.3. The van der Waals surface area contributed by atoms with Gasteiger partial charge in [-0.25, -0.2) is 14.6 Å². The number of hydrogen-bond donors (Lipinski definition) is 1. The number of rotatable bonds is 8. The van der Waals surface area contributed by atoms with Crippen molar-refractivity contribution in [3.05, 3.63) is 90.0 Å². The summed E-state index contributed by atoms with van der Waals surface area (Å²) in [5, 5.41) is 13.0. The number of pyridine rings is 1. The molecule has 5 aromatic rings.